The maximum absolute atomic E-state index is 11.8. The lowest BCUT2D eigenvalue weighted by atomic mass is 10.2. The molecule has 0 aliphatic heterocycles. The van der Waals surface area contributed by atoms with Crippen LogP contribution in [0.1, 0.15) is 12.0 Å². The third kappa shape index (κ3) is 3.24. The van der Waals surface area contributed by atoms with Crippen molar-refractivity contribution in [1.29, 1.82) is 0 Å². The molecule has 0 aliphatic rings. The van der Waals surface area contributed by atoms with E-state index in [0.29, 0.717) is 17.0 Å². The molecule has 0 heterocycles. The number of terminal acetylenes is 1. The molecule has 5 heteroatoms. The zero-order valence-electron chi connectivity index (χ0n) is 8.83. The van der Waals surface area contributed by atoms with Crippen LogP contribution in [0.25, 0.3) is 0 Å². The fourth-order valence-electron chi connectivity index (χ4n) is 1.20. The quantitative estimate of drug-likeness (QED) is 0.662. The summed E-state index contributed by atoms with van der Waals surface area (Å²) in [6, 6.07) is 4.74. The van der Waals surface area contributed by atoms with E-state index in [-0.39, 0.29) is 11.4 Å². The Bertz CT molecular complexity index is 517. The number of rotatable bonds is 4. The maximum atomic E-state index is 11.8. The molecule has 16 heavy (non-hydrogen) atoms. The molecule has 1 aromatic rings. The van der Waals surface area contributed by atoms with Crippen LogP contribution in [0.4, 0.5) is 0 Å². The zero-order valence-corrected chi connectivity index (χ0v) is 10.4. The predicted octanol–water partition coefficient (Wildman–Crippen LogP) is 1.95. The first kappa shape index (κ1) is 13.0. The molecule has 1 N–H and O–H groups in total. The van der Waals surface area contributed by atoms with Crippen LogP contribution >= 0.6 is 11.6 Å². The molecule has 1 rings (SSSR count). The van der Waals surface area contributed by atoms with Crippen molar-refractivity contribution in [2.75, 3.05) is 6.54 Å². The van der Waals surface area contributed by atoms with Crippen LogP contribution in [0.3, 0.4) is 0 Å². The van der Waals surface area contributed by atoms with Gasteiger partial charge in [0.25, 0.3) is 0 Å². The minimum absolute atomic E-state index is 0.192. The van der Waals surface area contributed by atoms with E-state index in [4.69, 9.17) is 18.0 Å². The molecular weight excluding hydrogens is 246 g/mol. The largest absolute Gasteiger partial charge is 0.240 e. The van der Waals surface area contributed by atoms with Gasteiger partial charge >= 0.3 is 0 Å². The lowest BCUT2D eigenvalue weighted by Gasteiger charge is -2.08. The molecule has 0 saturated heterocycles. The molecule has 3 nitrogen and oxygen atoms in total. The van der Waals surface area contributed by atoms with Crippen molar-refractivity contribution < 1.29 is 8.42 Å². The Hall–Kier alpha value is -1.02. The molecule has 0 saturated carbocycles. The molecule has 0 aliphatic carbocycles. The van der Waals surface area contributed by atoms with E-state index in [1.807, 2.05) is 0 Å². The second-order valence-corrected chi connectivity index (χ2v) is 5.43. The molecule has 86 valence electrons. The molecule has 0 unspecified atom stereocenters. The van der Waals surface area contributed by atoms with Crippen molar-refractivity contribution in [3.63, 3.8) is 0 Å². The van der Waals surface area contributed by atoms with Crippen molar-refractivity contribution in [1.82, 2.24) is 4.72 Å². The van der Waals surface area contributed by atoms with Gasteiger partial charge in [0, 0.05) is 18.0 Å². The summed E-state index contributed by atoms with van der Waals surface area (Å²) in [7, 11) is -3.52. The van der Waals surface area contributed by atoms with Crippen LogP contribution in [0, 0.1) is 19.3 Å². The Labute approximate surface area is 101 Å². The molecular formula is C11H12ClNO2S. The van der Waals surface area contributed by atoms with Gasteiger partial charge in [-0.2, -0.15) is 0 Å². The zero-order chi connectivity index (χ0) is 12.2. The first-order chi connectivity index (χ1) is 7.47. The third-order valence-electron chi connectivity index (χ3n) is 2.00. The van der Waals surface area contributed by atoms with Crippen molar-refractivity contribution in [2.24, 2.45) is 0 Å². The molecule has 0 amide bonds. The molecule has 0 aromatic heterocycles. The van der Waals surface area contributed by atoms with Crippen LogP contribution < -0.4 is 4.72 Å². The number of hydrogen-bond acceptors (Lipinski definition) is 2. The van der Waals surface area contributed by atoms with Gasteiger partial charge < -0.3 is 0 Å². The van der Waals surface area contributed by atoms with Crippen molar-refractivity contribution >= 4 is 21.6 Å². The fourth-order valence-corrected chi connectivity index (χ4v) is 2.74. The van der Waals surface area contributed by atoms with Crippen molar-refractivity contribution in [3.8, 4) is 12.3 Å². The Balaban J connectivity index is 2.99. The summed E-state index contributed by atoms with van der Waals surface area (Å²) >= 11 is 5.76. The number of aryl methyl sites for hydroxylation is 1. The van der Waals surface area contributed by atoms with Crippen LogP contribution in [0.5, 0.6) is 0 Å². The normalized spacial score (nSPS) is 11.1. The average molecular weight is 258 g/mol. The second-order valence-electron chi connectivity index (χ2n) is 3.26. The van der Waals surface area contributed by atoms with Crippen LogP contribution in [0.15, 0.2) is 23.1 Å². The van der Waals surface area contributed by atoms with Crippen molar-refractivity contribution in [2.45, 2.75) is 18.2 Å². The van der Waals surface area contributed by atoms with Gasteiger partial charge in [0.05, 0.1) is 4.90 Å². The maximum Gasteiger partial charge on any atom is 0.240 e. The van der Waals surface area contributed by atoms with E-state index < -0.39 is 10.0 Å². The summed E-state index contributed by atoms with van der Waals surface area (Å²) < 4.78 is 26.1. The monoisotopic (exact) mass is 257 g/mol. The Kier molecular flexibility index (Phi) is 4.36. The molecule has 0 atom stereocenters. The summed E-state index contributed by atoms with van der Waals surface area (Å²) in [4.78, 5) is 0.192. The van der Waals surface area contributed by atoms with Crippen LogP contribution in [-0.2, 0) is 10.0 Å². The number of nitrogens with one attached hydrogen (secondary N) is 1. The van der Waals surface area contributed by atoms with E-state index in [9.17, 15) is 8.42 Å². The number of hydrogen-bond donors (Lipinski definition) is 1. The fraction of sp³-hybridized carbons (Fsp3) is 0.273. The summed E-state index contributed by atoms with van der Waals surface area (Å²) in [6.07, 6.45) is 5.40. The highest BCUT2D eigenvalue weighted by atomic mass is 35.5. The molecule has 0 spiro atoms. The van der Waals surface area contributed by atoms with Crippen LogP contribution in [0.2, 0.25) is 5.02 Å². The number of benzene rings is 1. The highest BCUT2D eigenvalue weighted by molar-refractivity contribution is 7.89. The second kappa shape index (κ2) is 5.35. The molecule has 1 aromatic carbocycles. The number of halogens is 1. The summed E-state index contributed by atoms with van der Waals surface area (Å²) in [5, 5.41) is 0.392. The highest BCUT2D eigenvalue weighted by Crippen LogP contribution is 2.19. The van der Waals surface area contributed by atoms with E-state index in [1.54, 1.807) is 19.1 Å². The van der Waals surface area contributed by atoms with Gasteiger partial charge in [-0.3, -0.25) is 0 Å². The number of sulfonamides is 1. The average Bonchev–Trinajstić information content (AvgIpc) is 2.22. The van der Waals surface area contributed by atoms with Gasteiger partial charge in [-0.05, 0) is 24.6 Å². The first-order valence-electron chi connectivity index (χ1n) is 4.66. The molecule has 0 bridgehead atoms. The molecule has 0 fully saturated rings. The van der Waals surface area contributed by atoms with E-state index in [0.717, 1.165) is 0 Å². The lowest BCUT2D eigenvalue weighted by Crippen LogP contribution is -2.25. The Morgan fingerprint density at radius 1 is 1.50 bits per heavy atom. The minimum Gasteiger partial charge on any atom is -0.210 e. The summed E-state index contributed by atoms with van der Waals surface area (Å²) in [6.45, 7) is 1.94. The molecule has 0 radical (unpaired) electrons. The summed E-state index contributed by atoms with van der Waals surface area (Å²) in [5.74, 6) is 2.36. The van der Waals surface area contributed by atoms with Gasteiger partial charge in [-0.1, -0.05) is 17.7 Å². The standard InChI is InChI=1S/C11H12ClNO2S/c1-3-4-7-13-16(14,15)11-8-10(12)6-5-9(11)2/h1,5-6,8,13H,4,7H2,2H3. The lowest BCUT2D eigenvalue weighted by molar-refractivity contribution is 0.582. The van der Waals surface area contributed by atoms with E-state index in [1.165, 1.54) is 6.07 Å². The summed E-state index contributed by atoms with van der Waals surface area (Å²) in [5.41, 5.74) is 0.651. The van der Waals surface area contributed by atoms with Crippen molar-refractivity contribution in [3.05, 3.63) is 28.8 Å². The topological polar surface area (TPSA) is 46.2 Å². The van der Waals surface area contributed by atoms with E-state index >= 15 is 0 Å². The minimum atomic E-state index is -3.52. The van der Waals surface area contributed by atoms with Gasteiger partial charge in [-0.15, -0.1) is 12.3 Å². The van der Waals surface area contributed by atoms with Crippen LogP contribution in [-0.4, -0.2) is 15.0 Å². The smallest absolute Gasteiger partial charge is 0.210 e. The predicted molar refractivity (Wildman–Crippen MR) is 64.8 cm³/mol. The van der Waals surface area contributed by atoms with Gasteiger partial charge in [0.15, 0.2) is 0 Å². The van der Waals surface area contributed by atoms with E-state index in [2.05, 4.69) is 10.6 Å². The van der Waals surface area contributed by atoms with Gasteiger partial charge in [0.1, 0.15) is 0 Å². The third-order valence-corrected chi connectivity index (χ3v) is 3.84. The Morgan fingerprint density at radius 2 is 2.19 bits per heavy atom. The first-order valence-corrected chi connectivity index (χ1v) is 6.53. The van der Waals surface area contributed by atoms with Gasteiger partial charge in [-0.25, -0.2) is 13.1 Å². The highest BCUT2D eigenvalue weighted by Gasteiger charge is 2.16. The Morgan fingerprint density at radius 3 is 2.81 bits per heavy atom. The van der Waals surface area contributed by atoms with Gasteiger partial charge in [0.2, 0.25) is 10.0 Å². The SMILES string of the molecule is C#CCCNS(=O)(=O)c1cc(Cl)ccc1C.